The molecule has 0 saturated carbocycles. The van der Waals surface area contributed by atoms with Gasteiger partial charge in [-0.15, -0.1) is 10.2 Å². The van der Waals surface area contributed by atoms with Crippen LogP contribution in [0, 0.1) is 10.1 Å². The van der Waals surface area contributed by atoms with Gasteiger partial charge in [-0.2, -0.15) is 13.2 Å². The third-order valence-electron chi connectivity index (χ3n) is 4.33. The van der Waals surface area contributed by atoms with Crippen molar-refractivity contribution in [3.05, 3.63) is 46.2 Å². The number of carbonyl (C=O) groups is 1. The van der Waals surface area contributed by atoms with Crippen LogP contribution in [-0.2, 0) is 11.0 Å². The van der Waals surface area contributed by atoms with E-state index in [-0.39, 0.29) is 29.9 Å². The first-order chi connectivity index (χ1) is 13.2. The molecule has 3 rings (SSSR count). The molecule has 1 aromatic heterocycles. The Kier molecular flexibility index (Phi) is 5.58. The van der Waals surface area contributed by atoms with Crippen LogP contribution in [0.4, 0.5) is 24.5 Å². The minimum absolute atomic E-state index is 0.0481. The average molecular weight is 399 g/mol. The number of non-ortho nitro benzene ring substituents is 1. The van der Waals surface area contributed by atoms with E-state index in [2.05, 4.69) is 15.5 Å². The number of alkyl halides is 3. The number of aromatic nitrogens is 2. The molecule has 2 heterocycles. The number of halogens is 3. The lowest BCUT2D eigenvalue weighted by atomic mass is 9.97. The van der Waals surface area contributed by atoms with E-state index in [0.717, 1.165) is 0 Å². The van der Waals surface area contributed by atoms with Crippen molar-refractivity contribution >= 4 is 17.3 Å². The number of nitrogens with one attached hydrogen (secondary N) is 1. The Bertz CT molecular complexity index is 862. The van der Waals surface area contributed by atoms with E-state index in [0.29, 0.717) is 31.6 Å². The molecule has 0 aliphatic carbocycles. The third kappa shape index (κ3) is 4.82. The number of hydrogen-bond acceptors (Lipinski definition) is 7. The highest BCUT2D eigenvalue weighted by atomic mass is 19.4. The van der Waals surface area contributed by atoms with E-state index < -0.39 is 17.0 Å². The van der Waals surface area contributed by atoms with E-state index in [1.807, 2.05) is 4.90 Å². The van der Waals surface area contributed by atoms with Crippen molar-refractivity contribution in [3.63, 3.8) is 0 Å². The normalized spacial score (nSPS) is 16.1. The number of nitro benzene ring substituents is 1. The molecule has 1 aliphatic heterocycles. The molecule has 0 spiro atoms. The van der Waals surface area contributed by atoms with Gasteiger partial charge in [0.25, 0.3) is 5.69 Å². The highest BCUT2D eigenvalue weighted by molar-refractivity contribution is 5.92. The van der Waals surface area contributed by atoms with Crippen LogP contribution in [-0.4, -0.2) is 45.6 Å². The Balaban J connectivity index is 1.50. The fourth-order valence-corrected chi connectivity index (χ4v) is 2.95. The third-order valence-corrected chi connectivity index (χ3v) is 4.33. The fourth-order valence-electron chi connectivity index (χ4n) is 2.95. The van der Waals surface area contributed by atoms with Gasteiger partial charge in [0.15, 0.2) is 0 Å². The predicted molar refractivity (Wildman–Crippen MR) is 89.4 cm³/mol. The maximum absolute atomic E-state index is 12.5. The van der Waals surface area contributed by atoms with Gasteiger partial charge in [-0.05, 0) is 32.0 Å². The van der Waals surface area contributed by atoms with Crippen molar-refractivity contribution in [3.8, 4) is 0 Å². The van der Waals surface area contributed by atoms with E-state index in [1.165, 1.54) is 18.2 Å². The number of likely N-dealkylation sites (tertiary alicyclic amines) is 1. The number of nitrogens with zero attached hydrogens (tertiary/aromatic N) is 4. The lowest BCUT2D eigenvalue weighted by Gasteiger charge is -2.29. The number of benzene rings is 1. The van der Waals surface area contributed by atoms with Crippen molar-refractivity contribution in [1.82, 2.24) is 15.1 Å². The molecule has 0 radical (unpaired) electrons. The number of rotatable bonds is 5. The van der Waals surface area contributed by atoms with E-state index in [9.17, 15) is 28.1 Å². The molecule has 2 aromatic rings. The van der Waals surface area contributed by atoms with Gasteiger partial charge < -0.3 is 9.73 Å². The fraction of sp³-hybridized carbons (Fsp3) is 0.438. The molecule has 1 N–H and O–H groups in total. The molecule has 12 heteroatoms. The monoisotopic (exact) mass is 399 g/mol. The van der Waals surface area contributed by atoms with Gasteiger partial charge in [0.05, 0.1) is 11.5 Å². The van der Waals surface area contributed by atoms with E-state index >= 15 is 0 Å². The Morgan fingerprint density at radius 2 is 2.04 bits per heavy atom. The van der Waals surface area contributed by atoms with Crippen LogP contribution in [0.5, 0.6) is 0 Å². The van der Waals surface area contributed by atoms with Crippen LogP contribution in [0.3, 0.4) is 0 Å². The summed E-state index contributed by atoms with van der Waals surface area (Å²) in [6, 6.07) is 5.60. The summed E-state index contributed by atoms with van der Waals surface area (Å²) >= 11 is 0. The van der Waals surface area contributed by atoms with E-state index in [1.54, 1.807) is 6.07 Å². The highest BCUT2D eigenvalue weighted by Crippen LogP contribution is 2.32. The molecule has 1 aliphatic rings. The summed E-state index contributed by atoms with van der Waals surface area (Å²) in [5.74, 6) is -2.04. The van der Waals surface area contributed by atoms with Crippen LogP contribution in [0.2, 0.25) is 0 Å². The Labute approximate surface area is 156 Å². The van der Waals surface area contributed by atoms with E-state index in [4.69, 9.17) is 4.42 Å². The summed E-state index contributed by atoms with van der Waals surface area (Å²) in [5.41, 5.74) is 0.191. The minimum Gasteiger partial charge on any atom is -0.417 e. The SMILES string of the molecule is O=C(CN1CCC(c2nnc(C(F)(F)F)o2)CC1)Nc1cccc([N+](=O)[O-])c1. The molecule has 9 nitrogen and oxygen atoms in total. The lowest BCUT2D eigenvalue weighted by Crippen LogP contribution is -2.38. The Hall–Kier alpha value is -3.02. The van der Waals surface area contributed by atoms with Gasteiger partial charge in [0, 0.05) is 23.7 Å². The number of piperidine rings is 1. The lowest BCUT2D eigenvalue weighted by molar-refractivity contribution is -0.384. The van der Waals surface area contributed by atoms with Crippen molar-refractivity contribution in [2.45, 2.75) is 24.9 Å². The van der Waals surface area contributed by atoms with Crippen LogP contribution < -0.4 is 5.32 Å². The molecule has 1 aromatic carbocycles. The predicted octanol–water partition coefficient (Wildman–Crippen LogP) is 2.81. The maximum atomic E-state index is 12.5. The second-order valence-corrected chi connectivity index (χ2v) is 6.35. The Morgan fingerprint density at radius 3 is 2.64 bits per heavy atom. The molecular weight excluding hydrogens is 383 g/mol. The maximum Gasteiger partial charge on any atom is 0.470 e. The van der Waals surface area contributed by atoms with Gasteiger partial charge in [-0.1, -0.05) is 6.07 Å². The molecule has 0 bridgehead atoms. The summed E-state index contributed by atoms with van der Waals surface area (Å²) in [6.45, 7) is 1.00. The minimum atomic E-state index is -4.67. The smallest absolute Gasteiger partial charge is 0.417 e. The number of anilines is 1. The molecule has 1 fully saturated rings. The van der Waals surface area contributed by atoms with Crippen LogP contribution >= 0.6 is 0 Å². The van der Waals surface area contributed by atoms with Gasteiger partial charge in [-0.25, -0.2) is 0 Å². The first kappa shape index (κ1) is 19.7. The van der Waals surface area contributed by atoms with Crippen molar-refractivity contribution < 1.29 is 27.3 Å². The summed E-state index contributed by atoms with van der Waals surface area (Å²) in [6.07, 6.45) is -3.72. The molecule has 1 saturated heterocycles. The molecule has 0 unspecified atom stereocenters. The zero-order valence-corrected chi connectivity index (χ0v) is 14.5. The zero-order chi connectivity index (χ0) is 20.3. The standard InChI is InChI=1S/C16H16F3N5O4/c17-16(18,19)15-22-21-14(28-15)10-4-6-23(7-5-10)9-13(25)20-11-2-1-3-12(8-11)24(26)27/h1-3,8,10H,4-7,9H2,(H,20,25). The van der Waals surface area contributed by atoms with Crippen molar-refractivity contribution in [1.29, 1.82) is 0 Å². The summed E-state index contributed by atoms with van der Waals surface area (Å²) in [5, 5.41) is 19.9. The van der Waals surface area contributed by atoms with Crippen LogP contribution in [0.15, 0.2) is 28.7 Å². The topological polar surface area (TPSA) is 114 Å². The summed E-state index contributed by atoms with van der Waals surface area (Å²) in [7, 11) is 0. The molecule has 28 heavy (non-hydrogen) atoms. The summed E-state index contributed by atoms with van der Waals surface area (Å²) < 4.78 is 42.3. The Morgan fingerprint density at radius 1 is 1.32 bits per heavy atom. The summed E-state index contributed by atoms with van der Waals surface area (Å²) in [4.78, 5) is 24.2. The quantitative estimate of drug-likeness (QED) is 0.607. The van der Waals surface area contributed by atoms with Crippen LogP contribution in [0.1, 0.15) is 30.5 Å². The largest absolute Gasteiger partial charge is 0.470 e. The van der Waals surface area contributed by atoms with Crippen molar-refractivity contribution in [2.24, 2.45) is 0 Å². The number of carbonyl (C=O) groups excluding carboxylic acids is 1. The number of hydrogen-bond donors (Lipinski definition) is 1. The first-order valence-corrected chi connectivity index (χ1v) is 8.39. The number of nitro groups is 1. The first-order valence-electron chi connectivity index (χ1n) is 8.39. The number of amides is 1. The molecule has 1 amide bonds. The molecule has 0 atom stereocenters. The second-order valence-electron chi connectivity index (χ2n) is 6.35. The second kappa shape index (κ2) is 7.92. The average Bonchev–Trinajstić information content (AvgIpc) is 3.13. The van der Waals surface area contributed by atoms with Gasteiger partial charge in [-0.3, -0.25) is 19.8 Å². The van der Waals surface area contributed by atoms with Gasteiger partial charge >= 0.3 is 12.1 Å². The zero-order valence-electron chi connectivity index (χ0n) is 14.5. The van der Waals surface area contributed by atoms with Gasteiger partial charge in [0.1, 0.15) is 0 Å². The molecule has 150 valence electrons. The van der Waals surface area contributed by atoms with Crippen molar-refractivity contribution in [2.75, 3.05) is 25.0 Å². The van der Waals surface area contributed by atoms with Gasteiger partial charge in [0.2, 0.25) is 11.8 Å². The molecular formula is C16H16F3N5O4. The highest BCUT2D eigenvalue weighted by Gasteiger charge is 2.39. The van der Waals surface area contributed by atoms with Crippen LogP contribution in [0.25, 0.3) is 0 Å².